The Labute approximate surface area is 299 Å². The van der Waals surface area contributed by atoms with Gasteiger partial charge in [0.05, 0.1) is 0 Å². The first kappa shape index (κ1) is 28.6. The second-order valence-electron chi connectivity index (χ2n) is 12.8. The number of thiophene rings is 2. The molecule has 0 bridgehead atoms. The van der Waals surface area contributed by atoms with Crippen LogP contribution in [0.25, 0.3) is 108 Å². The average molecular weight is 688 g/mol. The fourth-order valence-electron chi connectivity index (χ4n) is 7.32. The van der Waals surface area contributed by atoms with Gasteiger partial charge in [0.25, 0.3) is 0 Å². The molecule has 0 radical (unpaired) electrons. The maximum Gasteiger partial charge on any atom is 0.164 e. The normalized spacial score (nSPS) is 11.9. The molecule has 0 spiro atoms. The summed E-state index contributed by atoms with van der Waals surface area (Å²) in [5, 5.41) is 7.12. The van der Waals surface area contributed by atoms with Crippen molar-refractivity contribution in [1.29, 1.82) is 0 Å². The topological polar surface area (TPSA) is 51.8 Å². The van der Waals surface area contributed by atoms with E-state index in [-0.39, 0.29) is 0 Å². The van der Waals surface area contributed by atoms with Crippen LogP contribution < -0.4 is 0 Å². The van der Waals surface area contributed by atoms with Crippen LogP contribution in [-0.2, 0) is 0 Å². The Morgan fingerprint density at radius 2 is 0.941 bits per heavy atom. The van der Waals surface area contributed by atoms with Gasteiger partial charge >= 0.3 is 0 Å². The molecule has 11 aromatic rings. The molecule has 7 aromatic carbocycles. The van der Waals surface area contributed by atoms with Crippen molar-refractivity contribution < 1.29 is 4.42 Å². The van der Waals surface area contributed by atoms with Crippen molar-refractivity contribution in [2.45, 2.75) is 0 Å². The molecule has 6 heteroatoms. The van der Waals surface area contributed by atoms with Crippen molar-refractivity contribution in [3.63, 3.8) is 0 Å². The Morgan fingerprint density at radius 3 is 1.73 bits per heavy atom. The molecule has 0 saturated heterocycles. The molecule has 4 heterocycles. The van der Waals surface area contributed by atoms with Crippen LogP contribution in [0.2, 0.25) is 0 Å². The molecule has 11 rings (SSSR count). The lowest BCUT2D eigenvalue weighted by Crippen LogP contribution is -2.00. The van der Waals surface area contributed by atoms with Gasteiger partial charge in [-0.25, -0.2) is 15.0 Å². The van der Waals surface area contributed by atoms with E-state index in [9.17, 15) is 0 Å². The number of fused-ring (bicyclic) bond motifs is 9. The highest BCUT2D eigenvalue weighted by molar-refractivity contribution is 7.26. The second-order valence-corrected chi connectivity index (χ2v) is 14.9. The highest BCUT2D eigenvalue weighted by Crippen LogP contribution is 2.44. The maximum absolute atomic E-state index is 6.66. The molecule has 4 aromatic heterocycles. The standard InChI is InChI=1S/C45H25N3OS2/c1-2-10-26(11-3-1)43-46-44(48-45(47-43)28-21-23-40-36(25-28)30-13-5-6-18-38(30)50-40)27-20-22-37-35(24-27)32-15-8-14-31(41(32)49-37)34-17-9-16-33-29-12-4-7-19-39(29)51-42(33)34/h1-25H. The first-order chi connectivity index (χ1) is 25.2. The number of rotatable bonds is 4. The summed E-state index contributed by atoms with van der Waals surface area (Å²) in [5.74, 6) is 1.91. The van der Waals surface area contributed by atoms with Crippen LogP contribution in [-0.4, -0.2) is 15.0 Å². The van der Waals surface area contributed by atoms with Gasteiger partial charge in [0.15, 0.2) is 17.5 Å². The summed E-state index contributed by atoms with van der Waals surface area (Å²) in [7, 11) is 0. The molecule has 4 nitrogen and oxygen atoms in total. The fourth-order valence-corrected chi connectivity index (χ4v) is 9.64. The summed E-state index contributed by atoms with van der Waals surface area (Å²) >= 11 is 3.64. The predicted octanol–water partition coefficient (Wildman–Crippen LogP) is 13.2. The molecule has 0 aliphatic rings. The smallest absolute Gasteiger partial charge is 0.164 e. The van der Waals surface area contributed by atoms with Crippen molar-refractivity contribution in [2.24, 2.45) is 0 Å². The number of nitrogens with zero attached hydrogens (tertiary/aromatic N) is 3. The van der Waals surface area contributed by atoms with Crippen LogP contribution in [0.1, 0.15) is 0 Å². The summed E-state index contributed by atoms with van der Waals surface area (Å²) < 4.78 is 11.7. The molecule has 0 N–H and O–H groups in total. The predicted molar refractivity (Wildman–Crippen MR) is 215 cm³/mol. The zero-order chi connectivity index (χ0) is 33.5. The van der Waals surface area contributed by atoms with Crippen LogP contribution in [0.4, 0.5) is 0 Å². The zero-order valence-corrected chi connectivity index (χ0v) is 28.6. The monoisotopic (exact) mass is 687 g/mol. The second kappa shape index (κ2) is 11.2. The third-order valence-corrected chi connectivity index (χ3v) is 12.1. The summed E-state index contributed by atoms with van der Waals surface area (Å²) in [6.45, 7) is 0. The minimum atomic E-state index is 0.622. The van der Waals surface area contributed by atoms with Crippen LogP contribution >= 0.6 is 22.7 Å². The number of hydrogen-bond donors (Lipinski definition) is 0. The summed E-state index contributed by atoms with van der Waals surface area (Å²) in [5.41, 5.74) is 6.80. The molecular weight excluding hydrogens is 663 g/mol. The van der Waals surface area contributed by atoms with Gasteiger partial charge in [0, 0.05) is 78.9 Å². The number of furan rings is 1. The first-order valence-corrected chi connectivity index (χ1v) is 18.5. The third kappa shape index (κ3) is 4.54. The first-order valence-electron chi connectivity index (χ1n) is 16.8. The van der Waals surface area contributed by atoms with E-state index in [0.29, 0.717) is 17.5 Å². The fraction of sp³-hybridized carbons (Fsp3) is 0. The van der Waals surface area contributed by atoms with Gasteiger partial charge in [-0.1, -0.05) is 103 Å². The highest BCUT2D eigenvalue weighted by atomic mass is 32.1. The molecular formula is C45H25N3OS2. The molecule has 0 unspecified atom stereocenters. The quantitative estimate of drug-likeness (QED) is 0.185. The van der Waals surface area contributed by atoms with Crippen LogP contribution in [0.3, 0.4) is 0 Å². The van der Waals surface area contributed by atoms with Crippen LogP contribution in [0.15, 0.2) is 156 Å². The molecule has 0 saturated carbocycles. The van der Waals surface area contributed by atoms with E-state index in [1.807, 2.05) is 59.1 Å². The van der Waals surface area contributed by atoms with E-state index in [1.54, 1.807) is 0 Å². The average Bonchev–Trinajstić information content (AvgIpc) is 3.89. The van der Waals surface area contributed by atoms with E-state index in [4.69, 9.17) is 19.4 Å². The van der Waals surface area contributed by atoms with Crippen molar-refractivity contribution >= 4 is 85.0 Å². The van der Waals surface area contributed by atoms with Crippen molar-refractivity contribution in [2.75, 3.05) is 0 Å². The van der Waals surface area contributed by atoms with E-state index < -0.39 is 0 Å². The van der Waals surface area contributed by atoms with Crippen LogP contribution in [0, 0.1) is 0 Å². The van der Waals surface area contributed by atoms with Gasteiger partial charge < -0.3 is 4.42 Å². The number of para-hydroxylation sites is 1. The van der Waals surface area contributed by atoms with Gasteiger partial charge in [0.2, 0.25) is 0 Å². The number of benzene rings is 7. The van der Waals surface area contributed by atoms with Crippen molar-refractivity contribution in [1.82, 2.24) is 15.0 Å². The Hall–Kier alpha value is -6.21. The number of hydrogen-bond acceptors (Lipinski definition) is 6. The van der Waals surface area contributed by atoms with Gasteiger partial charge in [-0.2, -0.15) is 0 Å². The molecule has 0 atom stereocenters. The SMILES string of the molecule is c1ccc(-c2nc(-c3ccc4oc5c(-c6cccc7c6sc6ccccc67)cccc5c4c3)nc(-c3ccc4sc5ccccc5c4c3)n2)cc1. The van der Waals surface area contributed by atoms with Gasteiger partial charge in [-0.15, -0.1) is 22.7 Å². The van der Waals surface area contributed by atoms with E-state index in [1.165, 1.54) is 45.9 Å². The minimum Gasteiger partial charge on any atom is -0.455 e. The Balaban J connectivity index is 1.09. The molecule has 51 heavy (non-hydrogen) atoms. The van der Waals surface area contributed by atoms with Gasteiger partial charge in [-0.3, -0.25) is 0 Å². The third-order valence-electron chi connectivity index (χ3n) is 9.75. The molecule has 238 valence electrons. The number of aromatic nitrogens is 3. The summed E-state index contributed by atoms with van der Waals surface area (Å²) in [6, 6.07) is 53.1. The molecule has 0 fully saturated rings. The summed E-state index contributed by atoms with van der Waals surface area (Å²) in [6.07, 6.45) is 0. The van der Waals surface area contributed by atoms with Crippen molar-refractivity contribution in [3.8, 4) is 45.3 Å². The largest absolute Gasteiger partial charge is 0.455 e. The Morgan fingerprint density at radius 1 is 0.373 bits per heavy atom. The van der Waals surface area contributed by atoms with E-state index in [0.717, 1.165) is 44.2 Å². The Bertz CT molecular complexity index is 3160. The van der Waals surface area contributed by atoms with Crippen molar-refractivity contribution in [3.05, 3.63) is 152 Å². The minimum absolute atomic E-state index is 0.622. The Kier molecular flexibility index (Phi) is 6.26. The highest BCUT2D eigenvalue weighted by Gasteiger charge is 2.19. The molecule has 0 amide bonds. The maximum atomic E-state index is 6.66. The summed E-state index contributed by atoms with van der Waals surface area (Å²) in [4.78, 5) is 15.2. The zero-order valence-electron chi connectivity index (χ0n) is 27.0. The van der Waals surface area contributed by atoms with E-state index in [2.05, 4.69) is 115 Å². The lowest BCUT2D eigenvalue weighted by molar-refractivity contribution is 0.670. The van der Waals surface area contributed by atoms with Gasteiger partial charge in [-0.05, 0) is 48.5 Å². The molecule has 0 aliphatic heterocycles. The van der Waals surface area contributed by atoms with Crippen LogP contribution in [0.5, 0.6) is 0 Å². The van der Waals surface area contributed by atoms with Gasteiger partial charge in [0.1, 0.15) is 11.2 Å². The lowest BCUT2D eigenvalue weighted by Gasteiger charge is -2.09. The molecule has 0 aliphatic carbocycles. The van der Waals surface area contributed by atoms with E-state index >= 15 is 0 Å². The lowest BCUT2D eigenvalue weighted by atomic mass is 10.00.